The van der Waals surface area contributed by atoms with Gasteiger partial charge in [-0.3, -0.25) is 9.59 Å². The van der Waals surface area contributed by atoms with E-state index in [4.69, 9.17) is 4.98 Å². The molecule has 0 saturated carbocycles. The number of piperidine rings is 1. The molecule has 6 heteroatoms. The van der Waals surface area contributed by atoms with E-state index in [0.29, 0.717) is 18.8 Å². The van der Waals surface area contributed by atoms with E-state index < -0.39 is 0 Å². The van der Waals surface area contributed by atoms with Gasteiger partial charge in [0.25, 0.3) is 5.91 Å². The van der Waals surface area contributed by atoms with Gasteiger partial charge in [0.1, 0.15) is 5.69 Å². The Morgan fingerprint density at radius 3 is 2.76 bits per heavy atom. The number of fused-ring (bicyclic) bond motifs is 2. The van der Waals surface area contributed by atoms with Crippen molar-refractivity contribution in [2.75, 3.05) is 13.1 Å². The maximum Gasteiger partial charge on any atom is 0.270 e. The molecule has 6 nitrogen and oxygen atoms in total. The molecule has 29 heavy (non-hydrogen) atoms. The Bertz CT molecular complexity index is 1120. The number of rotatable bonds is 2. The molecule has 0 bridgehead atoms. The van der Waals surface area contributed by atoms with Crippen LogP contribution in [0.5, 0.6) is 0 Å². The quantitative estimate of drug-likeness (QED) is 0.734. The lowest BCUT2D eigenvalue weighted by Gasteiger charge is -2.40. The number of aromatic amines is 1. The molecule has 146 valence electrons. The Hall–Kier alpha value is -3.28. The fraction of sp³-hybridized carbons (Fsp3) is 0.304. The molecule has 1 atom stereocenters. The van der Waals surface area contributed by atoms with Crippen molar-refractivity contribution in [3.63, 3.8) is 0 Å². The molecule has 3 aromatic rings. The number of nitrogens with one attached hydrogen (secondary N) is 1. The van der Waals surface area contributed by atoms with Crippen molar-refractivity contribution in [3.05, 3.63) is 82.0 Å². The number of pyridine rings is 1. The van der Waals surface area contributed by atoms with Gasteiger partial charge in [0.15, 0.2) is 5.82 Å². The molecule has 1 aliphatic carbocycles. The normalized spacial score (nSPS) is 20.6. The second-order valence-electron chi connectivity index (χ2n) is 7.97. The third-order valence-electron chi connectivity index (χ3n) is 6.13. The van der Waals surface area contributed by atoms with Crippen LogP contribution in [-0.4, -0.2) is 38.8 Å². The van der Waals surface area contributed by atoms with Crippen LogP contribution in [0.3, 0.4) is 0 Å². The van der Waals surface area contributed by atoms with Crippen LogP contribution in [-0.2, 0) is 11.8 Å². The molecule has 1 N–H and O–H groups in total. The van der Waals surface area contributed by atoms with Gasteiger partial charge in [0.2, 0.25) is 5.56 Å². The Morgan fingerprint density at radius 2 is 1.93 bits per heavy atom. The lowest BCUT2D eigenvalue weighted by Crippen LogP contribution is -2.48. The van der Waals surface area contributed by atoms with Gasteiger partial charge in [0, 0.05) is 36.3 Å². The Morgan fingerprint density at radius 1 is 1.07 bits per heavy atom. The maximum absolute atomic E-state index is 13.0. The van der Waals surface area contributed by atoms with Crippen molar-refractivity contribution < 1.29 is 4.79 Å². The molecule has 5 rings (SSSR count). The molecular weight excluding hydrogens is 364 g/mol. The van der Waals surface area contributed by atoms with Crippen LogP contribution < -0.4 is 5.56 Å². The number of H-pyrrole nitrogens is 1. The van der Waals surface area contributed by atoms with Crippen molar-refractivity contribution in [2.24, 2.45) is 0 Å². The van der Waals surface area contributed by atoms with Crippen LogP contribution in [0.15, 0.2) is 59.5 Å². The summed E-state index contributed by atoms with van der Waals surface area (Å²) in [6.45, 7) is 1.32. The Kier molecular flexibility index (Phi) is 4.27. The second kappa shape index (κ2) is 6.95. The molecule has 1 aliphatic heterocycles. The summed E-state index contributed by atoms with van der Waals surface area (Å²) >= 11 is 0. The first kappa shape index (κ1) is 17.8. The summed E-state index contributed by atoms with van der Waals surface area (Å²) in [5, 5.41) is 0. The van der Waals surface area contributed by atoms with Gasteiger partial charge in [-0.2, -0.15) is 0 Å². The number of carbonyl (C=O) groups excluding carboxylic acids is 1. The van der Waals surface area contributed by atoms with E-state index in [0.717, 1.165) is 42.8 Å². The molecule has 1 aromatic carbocycles. The first-order valence-electron chi connectivity index (χ1n) is 10.1. The van der Waals surface area contributed by atoms with Crippen LogP contribution in [0.25, 0.3) is 11.4 Å². The van der Waals surface area contributed by atoms with E-state index in [1.165, 1.54) is 11.6 Å². The highest BCUT2D eigenvalue weighted by atomic mass is 16.2. The van der Waals surface area contributed by atoms with Gasteiger partial charge >= 0.3 is 0 Å². The molecule has 1 fully saturated rings. The molecule has 3 heterocycles. The van der Waals surface area contributed by atoms with Gasteiger partial charge in [-0.25, -0.2) is 9.97 Å². The molecule has 2 aromatic heterocycles. The number of nitrogens with zero attached hydrogens (tertiary/aromatic N) is 3. The first-order chi connectivity index (χ1) is 14.1. The van der Waals surface area contributed by atoms with Gasteiger partial charge < -0.3 is 9.88 Å². The molecular formula is C23H22N4O2. The summed E-state index contributed by atoms with van der Waals surface area (Å²) in [6.07, 6.45) is 5.81. The number of likely N-dealkylation sites (tertiary alicyclic amines) is 1. The number of aromatic nitrogens is 3. The number of aryl methyl sites for hydroxylation is 1. The van der Waals surface area contributed by atoms with Crippen molar-refractivity contribution in [3.8, 4) is 11.4 Å². The standard InChI is InChI=1S/C23H22N4O2/c28-19-9-4-8-18(25-19)22(29)27-13-5-11-23(15-27)12-10-17-14-24-21(26-20(17)23)16-6-2-1-3-7-16/h1-4,6-9,14H,5,10-13,15H2,(H,25,28). The monoisotopic (exact) mass is 386 g/mol. The van der Waals surface area contributed by atoms with E-state index in [-0.39, 0.29) is 16.9 Å². The highest BCUT2D eigenvalue weighted by Gasteiger charge is 2.45. The van der Waals surface area contributed by atoms with Crippen LogP contribution in [0, 0.1) is 0 Å². The smallest absolute Gasteiger partial charge is 0.270 e. The van der Waals surface area contributed by atoms with Gasteiger partial charge in [-0.05, 0) is 37.3 Å². The summed E-state index contributed by atoms with van der Waals surface area (Å²) in [4.78, 5) is 38.7. The molecule has 0 radical (unpaired) electrons. The molecule has 1 amide bonds. The topological polar surface area (TPSA) is 79.0 Å². The highest BCUT2D eigenvalue weighted by Crippen LogP contribution is 2.44. The second-order valence-corrected chi connectivity index (χ2v) is 7.97. The third kappa shape index (κ3) is 3.14. The zero-order valence-corrected chi connectivity index (χ0v) is 16.1. The third-order valence-corrected chi connectivity index (χ3v) is 6.13. The highest BCUT2D eigenvalue weighted by molar-refractivity contribution is 5.92. The Labute approximate surface area is 168 Å². The zero-order valence-electron chi connectivity index (χ0n) is 16.1. The fourth-order valence-corrected chi connectivity index (χ4v) is 4.71. The number of benzene rings is 1. The van der Waals surface area contributed by atoms with Crippen LogP contribution in [0.2, 0.25) is 0 Å². The minimum atomic E-state index is -0.256. The van der Waals surface area contributed by atoms with E-state index in [9.17, 15) is 9.59 Å². The average molecular weight is 386 g/mol. The minimum Gasteiger partial charge on any atom is -0.336 e. The van der Waals surface area contributed by atoms with Crippen molar-refractivity contribution in [1.82, 2.24) is 19.9 Å². The Balaban J connectivity index is 1.48. The molecule has 1 spiro atoms. The number of amides is 1. The van der Waals surface area contributed by atoms with Gasteiger partial charge in [0.05, 0.1) is 5.69 Å². The predicted molar refractivity (Wildman–Crippen MR) is 110 cm³/mol. The van der Waals surface area contributed by atoms with E-state index in [1.54, 1.807) is 12.1 Å². The average Bonchev–Trinajstić information content (AvgIpc) is 3.11. The lowest BCUT2D eigenvalue weighted by molar-refractivity contribution is 0.0627. The lowest BCUT2D eigenvalue weighted by atomic mass is 9.77. The van der Waals surface area contributed by atoms with Crippen molar-refractivity contribution >= 4 is 5.91 Å². The van der Waals surface area contributed by atoms with Crippen LogP contribution in [0.1, 0.15) is 41.0 Å². The molecule has 1 saturated heterocycles. The van der Waals surface area contributed by atoms with Crippen molar-refractivity contribution in [2.45, 2.75) is 31.1 Å². The van der Waals surface area contributed by atoms with Gasteiger partial charge in [-0.15, -0.1) is 0 Å². The summed E-state index contributed by atoms with van der Waals surface area (Å²) < 4.78 is 0. The zero-order chi connectivity index (χ0) is 19.8. The van der Waals surface area contributed by atoms with E-state index in [2.05, 4.69) is 9.97 Å². The minimum absolute atomic E-state index is 0.118. The summed E-state index contributed by atoms with van der Waals surface area (Å²) in [7, 11) is 0. The SMILES string of the molecule is O=C(c1cccc(=O)[nH]1)N1CCCC2(CCc3cnc(-c4ccccc4)nc32)C1. The number of carbonyl (C=O) groups is 1. The predicted octanol–water partition coefficient (Wildman–Crippen LogP) is 2.95. The van der Waals surface area contributed by atoms with Crippen molar-refractivity contribution in [1.29, 1.82) is 0 Å². The van der Waals surface area contributed by atoms with Crippen LogP contribution in [0.4, 0.5) is 0 Å². The summed E-state index contributed by atoms with van der Waals surface area (Å²) in [6, 6.07) is 14.7. The molecule has 2 aliphatic rings. The summed E-state index contributed by atoms with van der Waals surface area (Å²) in [5.41, 5.74) is 3.24. The number of hydrogen-bond donors (Lipinski definition) is 1. The first-order valence-corrected chi connectivity index (χ1v) is 10.1. The van der Waals surface area contributed by atoms with E-state index in [1.807, 2.05) is 41.4 Å². The molecule has 1 unspecified atom stereocenters. The largest absolute Gasteiger partial charge is 0.336 e. The summed E-state index contributed by atoms with van der Waals surface area (Å²) in [5.74, 6) is 0.619. The van der Waals surface area contributed by atoms with E-state index >= 15 is 0 Å². The number of hydrogen-bond acceptors (Lipinski definition) is 4. The van der Waals surface area contributed by atoms with Crippen LogP contribution >= 0.6 is 0 Å². The van der Waals surface area contributed by atoms with Gasteiger partial charge in [-0.1, -0.05) is 36.4 Å². The fourth-order valence-electron chi connectivity index (χ4n) is 4.71. The maximum atomic E-state index is 13.0.